The second-order valence-corrected chi connectivity index (χ2v) is 6.50. The summed E-state index contributed by atoms with van der Waals surface area (Å²) in [6, 6.07) is 19.9. The van der Waals surface area contributed by atoms with Crippen molar-refractivity contribution in [1.82, 2.24) is 4.98 Å². The minimum Gasteiger partial charge on any atom is -0.352 e. The van der Waals surface area contributed by atoms with Crippen LogP contribution in [0.15, 0.2) is 66.9 Å². The van der Waals surface area contributed by atoms with Crippen molar-refractivity contribution in [1.29, 1.82) is 0 Å². The van der Waals surface area contributed by atoms with Crippen molar-refractivity contribution < 1.29 is 4.79 Å². The highest BCUT2D eigenvalue weighted by Crippen LogP contribution is 2.26. The van der Waals surface area contributed by atoms with E-state index in [9.17, 15) is 4.79 Å². The summed E-state index contributed by atoms with van der Waals surface area (Å²) in [5.74, 6) is 0.992. The first-order valence-corrected chi connectivity index (χ1v) is 8.60. The second kappa shape index (κ2) is 6.52. The molecule has 0 fully saturated rings. The van der Waals surface area contributed by atoms with Crippen molar-refractivity contribution in [2.24, 2.45) is 0 Å². The summed E-state index contributed by atoms with van der Waals surface area (Å²) in [4.78, 5) is 19.5. The highest BCUT2D eigenvalue weighted by molar-refractivity contribution is 6.09. The van der Waals surface area contributed by atoms with Gasteiger partial charge in [-0.3, -0.25) is 4.79 Å². The zero-order valence-electron chi connectivity index (χ0n) is 14.3. The predicted molar refractivity (Wildman–Crippen MR) is 100 cm³/mol. The lowest BCUT2D eigenvalue weighted by atomic mass is 9.99. The largest absolute Gasteiger partial charge is 0.352 e. The first-order chi connectivity index (χ1) is 12.2. The van der Waals surface area contributed by atoms with Gasteiger partial charge in [-0.25, -0.2) is 4.98 Å². The molecule has 2 aromatic carbocycles. The van der Waals surface area contributed by atoms with Gasteiger partial charge in [0, 0.05) is 30.4 Å². The van der Waals surface area contributed by atoms with E-state index in [2.05, 4.69) is 34.1 Å². The zero-order valence-corrected chi connectivity index (χ0v) is 14.3. The van der Waals surface area contributed by atoms with Gasteiger partial charge in [-0.15, -0.1) is 0 Å². The molecule has 0 amide bonds. The summed E-state index contributed by atoms with van der Waals surface area (Å²) in [5, 5.41) is 0. The number of aryl methyl sites for hydroxylation is 1. The summed E-state index contributed by atoms with van der Waals surface area (Å²) in [6.45, 7) is 3.86. The number of hydrogen-bond donors (Lipinski definition) is 0. The number of nitrogens with zero attached hydrogens (tertiary/aromatic N) is 2. The van der Waals surface area contributed by atoms with Crippen LogP contribution in [0, 0.1) is 6.92 Å². The third-order valence-corrected chi connectivity index (χ3v) is 4.78. The molecule has 0 aliphatic carbocycles. The molecule has 0 N–H and O–H groups in total. The van der Waals surface area contributed by atoms with Crippen LogP contribution >= 0.6 is 0 Å². The van der Waals surface area contributed by atoms with E-state index < -0.39 is 0 Å². The Morgan fingerprint density at radius 2 is 1.68 bits per heavy atom. The maximum absolute atomic E-state index is 12.6. The van der Waals surface area contributed by atoms with Gasteiger partial charge < -0.3 is 4.90 Å². The maximum atomic E-state index is 12.6. The molecular weight excluding hydrogens is 308 g/mol. The topological polar surface area (TPSA) is 33.2 Å². The lowest BCUT2D eigenvalue weighted by Gasteiger charge is -2.30. The fraction of sp³-hybridized carbons (Fsp3) is 0.182. The van der Waals surface area contributed by atoms with Crippen LogP contribution in [0.2, 0.25) is 0 Å². The van der Waals surface area contributed by atoms with Crippen molar-refractivity contribution in [3.05, 3.63) is 94.7 Å². The molecule has 0 unspecified atom stereocenters. The molecule has 0 atom stereocenters. The fourth-order valence-corrected chi connectivity index (χ4v) is 3.46. The van der Waals surface area contributed by atoms with Crippen LogP contribution in [0.5, 0.6) is 0 Å². The first-order valence-electron chi connectivity index (χ1n) is 8.60. The van der Waals surface area contributed by atoms with Crippen molar-refractivity contribution in [3.8, 4) is 0 Å². The monoisotopic (exact) mass is 328 g/mol. The molecule has 3 aromatic rings. The number of benzene rings is 2. The number of carbonyl (C=O) groups excluding carboxylic acids is 1. The average Bonchev–Trinajstić information content (AvgIpc) is 2.67. The summed E-state index contributed by atoms with van der Waals surface area (Å²) in [5.41, 5.74) is 5.17. The summed E-state index contributed by atoms with van der Waals surface area (Å²) < 4.78 is 0. The standard InChI is InChI=1S/C22H20N2O/c1-16-13-20(21(25)18-8-3-2-4-9-18)14-23-22(16)24-12-11-17-7-5-6-10-19(17)15-24/h2-10,13-14H,11-12,15H2,1H3. The van der Waals surface area contributed by atoms with Crippen molar-refractivity contribution in [2.75, 3.05) is 11.4 Å². The molecule has 1 aromatic heterocycles. The molecular formula is C22H20N2O. The van der Waals surface area contributed by atoms with Gasteiger partial charge in [-0.1, -0.05) is 54.6 Å². The van der Waals surface area contributed by atoms with Crippen molar-refractivity contribution >= 4 is 11.6 Å². The fourth-order valence-electron chi connectivity index (χ4n) is 3.46. The van der Waals surface area contributed by atoms with Gasteiger partial charge in [0.1, 0.15) is 5.82 Å². The van der Waals surface area contributed by atoms with Crippen LogP contribution in [0.3, 0.4) is 0 Å². The van der Waals surface area contributed by atoms with Crippen LogP contribution in [-0.4, -0.2) is 17.3 Å². The normalized spacial score (nSPS) is 13.4. The summed E-state index contributed by atoms with van der Waals surface area (Å²) >= 11 is 0. The van der Waals surface area contributed by atoms with Crippen LogP contribution in [-0.2, 0) is 13.0 Å². The van der Waals surface area contributed by atoms with Gasteiger partial charge in [-0.2, -0.15) is 0 Å². The van der Waals surface area contributed by atoms with Crippen molar-refractivity contribution in [3.63, 3.8) is 0 Å². The van der Waals surface area contributed by atoms with Crippen LogP contribution in [0.4, 0.5) is 5.82 Å². The molecule has 0 saturated heterocycles. The molecule has 2 heterocycles. The van der Waals surface area contributed by atoms with E-state index in [4.69, 9.17) is 0 Å². The number of pyridine rings is 1. The molecule has 124 valence electrons. The third kappa shape index (κ3) is 3.05. The van der Waals surface area contributed by atoms with E-state index >= 15 is 0 Å². The zero-order chi connectivity index (χ0) is 17.2. The smallest absolute Gasteiger partial charge is 0.194 e. The highest BCUT2D eigenvalue weighted by Gasteiger charge is 2.19. The van der Waals surface area contributed by atoms with E-state index in [-0.39, 0.29) is 5.78 Å². The van der Waals surface area contributed by atoms with Crippen LogP contribution < -0.4 is 4.90 Å². The highest BCUT2D eigenvalue weighted by atomic mass is 16.1. The van der Waals surface area contributed by atoms with E-state index in [0.717, 1.165) is 30.9 Å². The molecule has 0 spiro atoms. The molecule has 1 aliphatic rings. The quantitative estimate of drug-likeness (QED) is 0.676. The Hall–Kier alpha value is -2.94. The number of rotatable bonds is 3. The van der Waals surface area contributed by atoms with Gasteiger partial charge in [0.2, 0.25) is 0 Å². The SMILES string of the molecule is Cc1cc(C(=O)c2ccccc2)cnc1N1CCc2ccccc2C1. The number of aromatic nitrogens is 1. The van der Waals surface area contributed by atoms with Gasteiger partial charge in [-0.05, 0) is 36.1 Å². The molecule has 0 saturated carbocycles. The van der Waals surface area contributed by atoms with E-state index in [1.54, 1.807) is 6.20 Å². The van der Waals surface area contributed by atoms with E-state index in [0.29, 0.717) is 11.1 Å². The van der Waals surface area contributed by atoms with Crippen LogP contribution in [0.25, 0.3) is 0 Å². The Morgan fingerprint density at radius 1 is 0.960 bits per heavy atom. The number of ketones is 1. The van der Waals surface area contributed by atoms with Gasteiger partial charge in [0.25, 0.3) is 0 Å². The number of carbonyl (C=O) groups is 1. The maximum Gasteiger partial charge on any atom is 0.194 e. The van der Waals surface area contributed by atoms with Gasteiger partial charge in [0.05, 0.1) is 0 Å². The Balaban J connectivity index is 1.60. The average molecular weight is 328 g/mol. The molecule has 1 aliphatic heterocycles. The lowest BCUT2D eigenvalue weighted by Crippen LogP contribution is -2.31. The molecule has 0 bridgehead atoms. The van der Waals surface area contributed by atoms with E-state index in [1.165, 1.54) is 11.1 Å². The molecule has 3 nitrogen and oxygen atoms in total. The molecule has 0 radical (unpaired) electrons. The Labute approximate surface area is 148 Å². The van der Waals surface area contributed by atoms with Crippen LogP contribution in [0.1, 0.15) is 32.6 Å². The Kier molecular flexibility index (Phi) is 4.06. The molecule has 25 heavy (non-hydrogen) atoms. The lowest BCUT2D eigenvalue weighted by molar-refractivity contribution is 0.103. The molecule has 4 rings (SSSR count). The molecule has 3 heteroatoms. The second-order valence-electron chi connectivity index (χ2n) is 6.50. The minimum atomic E-state index is 0.0201. The number of fused-ring (bicyclic) bond motifs is 1. The number of anilines is 1. The first kappa shape index (κ1) is 15.6. The van der Waals surface area contributed by atoms with Gasteiger partial charge in [0.15, 0.2) is 5.78 Å². The minimum absolute atomic E-state index is 0.0201. The van der Waals surface area contributed by atoms with E-state index in [1.807, 2.05) is 43.3 Å². The third-order valence-electron chi connectivity index (χ3n) is 4.78. The Morgan fingerprint density at radius 3 is 2.44 bits per heavy atom. The van der Waals surface area contributed by atoms with Crippen molar-refractivity contribution in [2.45, 2.75) is 19.9 Å². The summed E-state index contributed by atoms with van der Waals surface area (Å²) in [6.07, 6.45) is 2.74. The Bertz CT molecular complexity index is 918. The van der Waals surface area contributed by atoms with Gasteiger partial charge >= 0.3 is 0 Å². The summed E-state index contributed by atoms with van der Waals surface area (Å²) in [7, 11) is 0. The predicted octanol–water partition coefficient (Wildman–Crippen LogP) is 4.18. The number of hydrogen-bond acceptors (Lipinski definition) is 3.